The fraction of sp³-hybridized carbons (Fsp3) is 0.538. The van der Waals surface area contributed by atoms with E-state index >= 15 is 0 Å². The van der Waals surface area contributed by atoms with E-state index < -0.39 is 11.6 Å². The molecule has 0 saturated heterocycles. The van der Waals surface area contributed by atoms with Crippen LogP contribution in [-0.4, -0.2) is 6.04 Å². The number of hydrogen-bond donors (Lipinski definition) is 1. The van der Waals surface area contributed by atoms with E-state index in [2.05, 4.69) is 12.2 Å². The first-order chi connectivity index (χ1) is 7.66. The van der Waals surface area contributed by atoms with Crippen LogP contribution in [0.1, 0.15) is 31.7 Å². The van der Waals surface area contributed by atoms with Crippen molar-refractivity contribution < 1.29 is 8.78 Å². The third-order valence-corrected chi connectivity index (χ3v) is 3.06. The zero-order valence-electron chi connectivity index (χ0n) is 9.47. The Morgan fingerprint density at radius 2 is 2.12 bits per heavy atom. The minimum absolute atomic E-state index is 0.371. The molecule has 0 spiro atoms. The summed E-state index contributed by atoms with van der Waals surface area (Å²) in [5, 5.41) is 3.23. The maximum absolute atomic E-state index is 13.3. The molecule has 1 unspecified atom stereocenters. The van der Waals surface area contributed by atoms with Crippen molar-refractivity contribution in [3.05, 3.63) is 35.4 Å². The highest BCUT2D eigenvalue weighted by molar-refractivity contribution is 5.18. The third-order valence-electron chi connectivity index (χ3n) is 3.06. The first kappa shape index (κ1) is 11.5. The van der Waals surface area contributed by atoms with Crippen LogP contribution in [0.2, 0.25) is 0 Å². The summed E-state index contributed by atoms with van der Waals surface area (Å²) in [4.78, 5) is 0. The Balaban J connectivity index is 1.85. The molecule has 1 aliphatic rings. The summed E-state index contributed by atoms with van der Waals surface area (Å²) in [5.41, 5.74) is 0.405. The van der Waals surface area contributed by atoms with Gasteiger partial charge in [-0.3, -0.25) is 0 Å². The molecule has 1 N–H and O–H groups in total. The van der Waals surface area contributed by atoms with Gasteiger partial charge in [0.25, 0.3) is 0 Å². The molecule has 0 bridgehead atoms. The molecule has 0 radical (unpaired) electrons. The van der Waals surface area contributed by atoms with Crippen molar-refractivity contribution in [1.29, 1.82) is 0 Å². The highest BCUT2D eigenvalue weighted by Gasteiger charge is 2.23. The van der Waals surface area contributed by atoms with Crippen LogP contribution in [0.3, 0.4) is 0 Å². The van der Waals surface area contributed by atoms with Crippen LogP contribution in [0.5, 0.6) is 0 Å². The van der Waals surface area contributed by atoms with Gasteiger partial charge in [0.2, 0.25) is 0 Å². The Bertz CT molecular complexity index is 361. The lowest BCUT2D eigenvalue weighted by Crippen LogP contribution is -2.26. The van der Waals surface area contributed by atoms with Gasteiger partial charge < -0.3 is 5.32 Å². The molecule has 0 aliphatic heterocycles. The molecule has 1 saturated carbocycles. The molecule has 0 amide bonds. The Hall–Kier alpha value is -0.960. The normalized spacial score (nSPS) is 17.4. The summed E-state index contributed by atoms with van der Waals surface area (Å²) in [6.07, 6.45) is 3.78. The smallest absolute Gasteiger partial charge is 0.163 e. The lowest BCUT2D eigenvalue weighted by molar-refractivity contribution is 0.462. The van der Waals surface area contributed by atoms with Gasteiger partial charge in [0.15, 0.2) is 11.6 Å². The molecule has 2 rings (SSSR count). The van der Waals surface area contributed by atoms with Gasteiger partial charge >= 0.3 is 0 Å². The van der Waals surface area contributed by atoms with Crippen molar-refractivity contribution in [2.24, 2.45) is 5.92 Å². The first-order valence-electron chi connectivity index (χ1n) is 5.83. The Labute approximate surface area is 94.9 Å². The second kappa shape index (κ2) is 4.91. The van der Waals surface area contributed by atoms with Gasteiger partial charge in [0, 0.05) is 18.2 Å². The fourth-order valence-electron chi connectivity index (χ4n) is 1.91. The Morgan fingerprint density at radius 1 is 1.38 bits per heavy atom. The van der Waals surface area contributed by atoms with E-state index in [9.17, 15) is 8.78 Å². The lowest BCUT2D eigenvalue weighted by Gasteiger charge is -2.13. The van der Waals surface area contributed by atoms with Gasteiger partial charge in [-0.15, -0.1) is 0 Å². The Morgan fingerprint density at radius 3 is 2.81 bits per heavy atom. The van der Waals surface area contributed by atoms with Crippen LogP contribution < -0.4 is 5.32 Å². The predicted molar refractivity (Wildman–Crippen MR) is 60.0 cm³/mol. The zero-order valence-corrected chi connectivity index (χ0v) is 9.47. The standard InChI is InChI=1S/C13H17F2N/c1-9(7-10-5-6-10)16-8-11-3-2-4-12(14)13(11)15/h2-4,9-10,16H,5-8H2,1H3. The number of hydrogen-bond acceptors (Lipinski definition) is 1. The van der Waals surface area contributed by atoms with Crippen molar-refractivity contribution in [2.75, 3.05) is 0 Å². The van der Waals surface area contributed by atoms with Gasteiger partial charge in [-0.1, -0.05) is 25.0 Å². The Kier molecular flexibility index (Phi) is 3.54. The molecular formula is C13H17F2N. The average Bonchev–Trinajstić information content (AvgIpc) is 3.04. The van der Waals surface area contributed by atoms with E-state index in [4.69, 9.17) is 0 Å². The number of halogens is 2. The van der Waals surface area contributed by atoms with Gasteiger partial charge in [-0.05, 0) is 25.3 Å². The molecule has 1 nitrogen and oxygen atoms in total. The molecule has 0 heterocycles. The maximum atomic E-state index is 13.3. The van der Waals surface area contributed by atoms with Crippen molar-refractivity contribution in [3.63, 3.8) is 0 Å². The fourth-order valence-corrected chi connectivity index (χ4v) is 1.91. The number of benzene rings is 1. The van der Waals surface area contributed by atoms with Crippen LogP contribution in [0.15, 0.2) is 18.2 Å². The van der Waals surface area contributed by atoms with Crippen LogP contribution in [0, 0.1) is 17.6 Å². The zero-order chi connectivity index (χ0) is 11.5. The van der Waals surface area contributed by atoms with Crippen LogP contribution >= 0.6 is 0 Å². The van der Waals surface area contributed by atoms with Crippen molar-refractivity contribution >= 4 is 0 Å². The monoisotopic (exact) mass is 225 g/mol. The molecule has 3 heteroatoms. The van der Waals surface area contributed by atoms with Crippen LogP contribution in [-0.2, 0) is 6.54 Å². The second-order valence-electron chi connectivity index (χ2n) is 4.67. The quantitative estimate of drug-likeness (QED) is 0.811. The summed E-state index contributed by atoms with van der Waals surface area (Å²) < 4.78 is 26.2. The van der Waals surface area contributed by atoms with Crippen molar-refractivity contribution in [2.45, 2.75) is 38.8 Å². The third kappa shape index (κ3) is 3.01. The van der Waals surface area contributed by atoms with Gasteiger partial charge in [0.05, 0.1) is 0 Å². The van der Waals surface area contributed by atoms with E-state index in [1.807, 2.05) is 0 Å². The molecule has 1 aliphatic carbocycles. The summed E-state index contributed by atoms with van der Waals surface area (Å²) in [5.74, 6) is -0.650. The van der Waals surface area contributed by atoms with Gasteiger partial charge in [-0.2, -0.15) is 0 Å². The number of rotatable bonds is 5. The summed E-state index contributed by atoms with van der Waals surface area (Å²) >= 11 is 0. The van der Waals surface area contributed by atoms with Gasteiger partial charge in [-0.25, -0.2) is 8.78 Å². The SMILES string of the molecule is CC(CC1CC1)NCc1cccc(F)c1F. The highest BCUT2D eigenvalue weighted by atomic mass is 19.2. The average molecular weight is 225 g/mol. The maximum Gasteiger partial charge on any atom is 0.163 e. The molecule has 16 heavy (non-hydrogen) atoms. The molecule has 88 valence electrons. The molecule has 1 aromatic rings. The lowest BCUT2D eigenvalue weighted by atomic mass is 10.1. The van der Waals surface area contributed by atoms with Crippen molar-refractivity contribution in [3.8, 4) is 0 Å². The number of nitrogens with one attached hydrogen (secondary N) is 1. The molecule has 1 atom stereocenters. The van der Waals surface area contributed by atoms with Gasteiger partial charge in [0.1, 0.15) is 0 Å². The van der Waals surface area contributed by atoms with E-state index in [0.29, 0.717) is 18.2 Å². The van der Waals surface area contributed by atoms with Crippen LogP contribution in [0.4, 0.5) is 8.78 Å². The first-order valence-corrected chi connectivity index (χ1v) is 5.83. The largest absolute Gasteiger partial charge is 0.310 e. The summed E-state index contributed by atoms with van der Waals surface area (Å²) in [6.45, 7) is 2.49. The van der Waals surface area contributed by atoms with Crippen LogP contribution in [0.25, 0.3) is 0 Å². The highest BCUT2D eigenvalue weighted by Crippen LogP contribution is 2.33. The predicted octanol–water partition coefficient (Wildman–Crippen LogP) is 3.24. The summed E-state index contributed by atoms with van der Waals surface area (Å²) in [7, 11) is 0. The summed E-state index contributed by atoms with van der Waals surface area (Å²) in [6, 6.07) is 4.68. The van der Waals surface area contributed by atoms with E-state index in [1.54, 1.807) is 12.1 Å². The van der Waals surface area contributed by atoms with E-state index in [0.717, 1.165) is 18.4 Å². The second-order valence-corrected chi connectivity index (χ2v) is 4.67. The molecule has 1 fully saturated rings. The molecular weight excluding hydrogens is 208 g/mol. The molecule has 0 aromatic heterocycles. The minimum Gasteiger partial charge on any atom is -0.310 e. The van der Waals surface area contributed by atoms with E-state index in [1.165, 1.54) is 12.8 Å². The van der Waals surface area contributed by atoms with E-state index in [-0.39, 0.29) is 0 Å². The molecule has 1 aromatic carbocycles. The minimum atomic E-state index is -0.769. The van der Waals surface area contributed by atoms with Crippen molar-refractivity contribution in [1.82, 2.24) is 5.32 Å². The topological polar surface area (TPSA) is 12.0 Å².